The van der Waals surface area contributed by atoms with Crippen LogP contribution in [0.3, 0.4) is 0 Å². The third kappa shape index (κ3) is 5.48. The monoisotopic (exact) mass is 473 g/mol. The van der Waals surface area contributed by atoms with E-state index in [4.69, 9.17) is 20.9 Å². The topological polar surface area (TPSA) is 113 Å². The van der Waals surface area contributed by atoms with Gasteiger partial charge in [0.2, 0.25) is 5.76 Å². The number of benzene rings is 2. The minimum atomic E-state index is -1.63. The molecule has 0 spiro atoms. The van der Waals surface area contributed by atoms with E-state index < -0.39 is 31.5 Å². The Morgan fingerprint density at radius 2 is 1.78 bits per heavy atom. The summed E-state index contributed by atoms with van der Waals surface area (Å²) in [6.45, 7) is 6.54. The molecule has 0 saturated heterocycles. The quantitative estimate of drug-likeness (QED) is 0.456. The van der Waals surface area contributed by atoms with E-state index in [1.165, 1.54) is 7.11 Å². The van der Waals surface area contributed by atoms with Crippen molar-refractivity contribution in [2.24, 2.45) is 0 Å². The highest BCUT2D eigenvalue weighted by molar-refractivity contribution is 6.90. The van der Waals surface area contributed by atoms with Gasteiger partial charge in [0, 0.05) is 10.7 Å². The molecule has 8 nitrogen and oxygen atoms in total. The summed E-state index contributed by atoms with van der Waals surface area (Å²) in [6, 6.07) is 12.0. The van der Waals surface area contributed by atoms with Gasteiger partial charge >= 0.3 is 0 Å². The maximum atomic E-state index is 13.1. The average molecular weight is 474 g/mol. The molecule has 3 N–H and O–H groups in total. The largest absolute Gasteiger partial charge is 0.497 e. The van der Waals surface area contributed by atoms with Crippen molar-refractivity contribution in [1.82, 2.24) is 10.5 Å². The Labute approximate surface area is 190 Å². The molecule has 0 fully saturated rings. The summed E-state index contributed by atoms with van der Waals surface area (Å²) in [5.74, 6) is -0.835. The molecule has 1 atom stereocenters. The van der Waals surface area contributed by atoms with Crippen LogP contribution in [0.25, 0.3) is 0 Å². The lowest BCUT2D eigenvalue weighted by Gasteiger charge is -2.21. The van der Waals surface area contributed by atoms with Crippen molar-refractivity contribution in [3.05, 3.63) is 75.2 Å². The Morgan fingerprint density at radius 3 is 2.31 bits per heavy atom. The molecule has 10 heteroatoms. The van der Waals surface area contributed by atoms with Crippen LogP contribution in [0.2, 0.25) is 24.7 Å². The summed E-state index contributed by atoms with van der Waals surface area (Å²) >= 11 is 6.45. The molecule has 3 rings (SSSR count). The van der Waals surface area contributed by atoms with E-state index in [9.17, 15) is 14.4 Å². The van der Waals surface area contributed by atoms with Gasteiger partial charge in [-0.3, -0.25) is 14.4 Å². The van der Waals surface area contributed by atoms with Gasteiger partial charge in [0.25, 0.3) is 17.4 Å². The van der Waals surface area contributed by atoms with Crippen molar-refractivity contribution in [2.45, 2.75) is 25.7 Å². The Kier molecular flexibility index (Phi) is 6.90. The Morgan fingerprint density at radius 1 is 1.09 bits per heavy atom. The third-order valence-corrected chi connectivity index (χ3v) is 7.30. The van der Waals surface area contributed by atoms with Crippen LogP contribution in [0.5, 0.6) is 5.75 Å². The minimum Gasteiger partial charge on any atom is -0.497 e. The number of carbonyl (C=O) groups excluding carboxylic acids is 2. The SMILES string of the molecule is COc1ccc(C(NC(=O)c2cc(=O)[nH]o2)C(=O)Nc2ccc([Si](C)(C)C)c(Cl)c2)cc1. The Balaban J connectivity index is 1.88. The van der Waals surface area contributed by atoms with Crippen LogP contribution in [-0.2, 0) is 4.79 Å². The fraction of sp³-hybridized carbons (Fsp3) is 0.227. The van der Waals surface area contributed by atoms with E-state index in [0.29, 0.717) is 22.0 Å². The predicted molar refractivity (Wildman–Crippen MR) is 126 cm³/mol. The number of aromatic amines is 1. The molecule has 0 bridgehead atoms. The van der Waals surface area contributed by atoms with Gasteiger partial charge in [-0.15, -0.1) is 0 Å². The summed E-state index contributed by atoms with van der Waals surface area (Å²) < 4.78 is 10.0. The number of anilines is 1. The molecule has 0 aliphatic rings. The van der Waals surface area contributed by atoms with Crippen LogP contribution < -0.4 is 26.1 Å². The van der Waals surface area contributed by atoms with Gasteiger partial charge in [-0.1, -0.05) is 49.4 Å². The number of amides is 2. The summed E-state index contributed by atoms with van der Waals surface area (Å²) in [5, 5.41) is 9.11. The lowest BCUT2D eigenvalue weighted by Crippen LogP contribution is -2.39. The first-order valence-corrected chi connectivity index (χ1v) is 13.7. The zero-order chi connectivity index (χ0) is 23.5. The minimum absolute atomic E-state index is 0.233. The summed E-state index contributed by atoms with van der Waals surface area (Å²) in [5.41, 5.74) is 0.458. The van der Waals surface area contributed by atoms with Gasteiger partial charge in [0.05, 0.1) is 21.3 Å². The molecule has 32 heavy (non-hydrogen) atoms. The zero-order valence-electron chi connectivity index (χ0n) is 18.1. The first-order valence-electron chi connectivity index (χ1n) is 9.82. The number of H-pyrrole nitrogens is 1. The molecular weight excluding hydrogens is 450 g/mol. The van der Waals surface area contributed by atoms with E-state index in [1.807, 2.05) is 6.07 Å². The number of nitrogens with one attached hydrogen (secondary N) is 3. The number of aromatic nitrogens is 1. The van der Waals surface area contributed by atoms with Crippen molar-refractivity contribution < 1.29 is 18.8 Å². The molecular formula is C22H24ClN3O5Si. The number of hydrogen-bond donors (Lipinski definition) is 3. The molecule has 0 radical (unpaired) electrons. The summed E-state index contributed by atoms with van der Waals surface area (Å²) in [7, 11) is -0.104. The first kappa shape index (κ1) is 23.4. The molecule has 1 heterocycles. The van der Waals surface area contributed by atoms with Crippen LogP contribution >= 0.6 is 11.6 Å². The van der Waals surface area contributed by atoms with E-state index in [-0.39, 0.29) is 5.76 Å². The van der Waals surface area contributed by atoms with Crippen LogP contribution in [0.15, 0.2) is 57.8 Å². The average Bonchev–Trinajstić information content (AvgIpc) is 3.17. The van der Waals surface area contributed by atoms with Crippen LogP contribution in [0.4, 0.5) is 5.69 Å². The maximum absolute atomic E-state index is 13.1. The van der Waals surface area contributed by atoms with Gasteiger partial charge in [0.1, 0.15) is 11.8 Å². The van der Waals surface area contributed by atoms with Gasteiger partial charge < -0.3 is 19.9 Å². The number of ether oxygens (including phenoxy) is 1. The summed E-state index contributed by atoms with van der Waals surface area (Å²) in [4.78, 5) is 37.0. The molecule has 0 saturated carbocycles. The molecule has 0 aliphatic carbocycles. The molecule has 2 aromatic carbocycles. The van der Waals surface area contributed by atoms with E-state index in [2.05, 4.69) is 35.4 Å². The number of methoxy groups -OCH3 is 1. The molecule has 1 aromatic heterocycles. The van der Waals surface area contributed by atoms with E-state index >= 15 is 0 Å². The predicted octanol–water partition coefficient (Wildman–Crippen LogP) is 3.28. The highest BCUT2D eigenvalue weighted by Crippen LogP contribution is 2.22. The van der Waals surface area contributed by atoms with Crippen LogP contribution in [-0.4, -0.2) is 32.2 Å². The normalized spacial score (nSPS) is 12.2. The second-order valence-electron chi connectivity index (χ2n) is 8.19. The van der Waals surface area contributed by atoms with Crippen LogP contribution in [0.1, 0.15) is 22.2 Å². The van der Waals surface area contributed by atoms with Gasteiger partial charge in [-0.25, -0.2) is 0 Å². The summed E-state index contributed by atoms with van der Waals surface area (Å²) in [6.07, 6.45) is 0. The van der Waals surface area contributed by atoms with Crippen molar-refractivity contribution in [3.63, 3.8) is 0 Å². The van der Waals surface area contributed by atoms with Gasteiger partial charge in [-0.2, -0.15) is 5.16 Å². The zero-order valence-corrected chi connectivity index (χ0v) is 19.9. The Hall–Kier alpha value is -3.30. The van der Waals surface area contributed by atoms with Gasteiger partial charge in [0.15, 0.2) is 0 Å². The standard InChI is InChI=1S/C22H24ClN3O5Si/c1-30-15-8-5-13(6-9-15)20(25-21(28)17-12-19(27)26-31-17)22(29)24-14-7-10-18(16(23)11-14)32(2,3)4/h5-12,20H,1-4H3,(H,24,29)(H,25,28)(H,26,27). The van der Waals surface area contributed by atoms with Crippen LogP contribution in [0, 0.1) is 0 Å². The lowest BCUT2D eigenvalue weighted by atomic mass is 10.1. The highest BCUT2D eigenvalue weighted by atomic mass is 35.5. The fourth-order valence-electron chi connectivity index (χ4n) is 3.11. The van der Waals surface area contributed by atoms with Crippen molar-refractivity contribution in [1.29, 1.82) is 0 Å². The molecule has 0 aliphatic heterocycles. The highest BCUT2D eigenvalue weighted by Gasteiger charge is 2.26. The lowest BCUT2D eigenvalue weighted by molar-refractivity contribution is -0.118. The second-order valence-corrected chi connectivity index (χ2v) is 13.6. The number of halogens is 1. The Bertz CT molecular complexity index is 1180. The smallest absolute Gasteiger partial charge is 0.290 e. The number of carbonyl (C=O) groups is 2. The third-order valence-electron chi connectivity index (χ3n) is 4.78. The fourth-order valence-corrected chi connectivity index (χ4v) is 5.51. The van der Waals surface area contributed by atoms with Crippen molar-refractivity contribution in [3.8, 4) is 5.75 Å². The molecule has 3 aromatic rings. The van der Waals surface area contributed by atoms with Gasteiger partial charge in [-0.05, 0) is 35.0 Å². The second kappa shape index (κ2) is 9.45. The number of rotatable bonds is 7. The number of hydrogen-bond acceptors (Lipinski definition) is 5. The maximum Gasteiger partial charge on any atom is 0.290 e. The first-order chi connectivity index (χ1) is 15.1. The van der Waals surface area contributed by atoms with Crippen molar-refractivity contribution >= 4 is 42.4 Å². The van der Waals surface area contributed by atoms with E-state index in [0.717, 1.165) is 11.3 Å². The van der Waals surface area contributed by atoms with Crippen molar-refractivity contribution in [2.75, 3.05) is 12.4 Å². The molecule has 1 unspecified atom stereocenters. The molecule has 2 amide bonds. The van der Waals surface area contributed by atoms with E-state index in [1.54, 1.807) is 36.4 Å². The molecule has 168 valence electrons.